The minimum atomic E-state index is -0.894. The van der Waals surface area contributed by atoms with Gasteiger partial charge in [0.25, 0.3) is 0 Å². The van der Waals surface area contributed by atoms with Crippen molar-refractivity contribution in [2.45, 2.75) is 38.1 Å². The summed E-state index contributed by atoms with van der Waals surface area (Å²) in [6.07, 6.45) is 3.55. The smallest absolute Gasteiger partial charge is 0.326 e. The molecule has 0 bridgehead atoms. The summed E-state index contributed by atoms with van der Waals surface area (Å²) in [6, 6.07) is 6.89. The van der Waals surface area contributed by atoms with Crippen molar-refractivity contribution in [3.8, 4) is 0 Å². The molecule has 1 fully saturated rings. The van der Waals surface area contributed by atoms with Crippen molar-refractivity contribution in [3.63, 3.8) is 0 Å². The van der Waals surface area contributed by atoms with E-state index in [9.17, 15) is 14.7 Å². The van der Waals surface area contributed by atoms with Gasteiger partial charge in [-0.3, -0.25) is 4.79 Å². The van der Waals surface area contributed by atoms with Crippen LogP contribution in [-0.2, 0) is 16.0 Å². The third-order valence-electron chi connectivity index (χ3n) is 3.60. The van der Waals surface area contributed by atoms with Crippen molar-refractivity contribution < 1.29 is 14.7 Å². The Hall–Kier alpha value is -1.36. The summed E-state index contributed by atoms with van der Waals surface area (Å²) in [5.74, 6) is -0.994. The molecule has 1 amide bonds. The summed E-state index contributed by atoms with van der Waals surface area (Å²) in [4.78, 5) is 25.3. The van der Waals surface area contributed by atoms with Gasteiger partial charge in [-0.1, -0.05) is 40.9 Å². The van der Waals surface area contributed by atoms with Gasteiger partial charge in [-0.05, 0) is 30.5 Å². The van der Waals surface area contributed by atoms with Crippen molar-refractivity contribution >= 4 is 27.8 Å². The predicted molar refractivity (Wildman–Crippen MR) is 79.5 cm³/mol. The molecule has 1 unspecified atom stereocenters. The Morgan fingerprint density at radius 1 is 1.30 bits per heavy atom. The number of carbonyl (C=O) groups excluding carboxylic acids is 1. The van der Waals surface area contributed by atoms with Crippen LogP contribution in [0.4, 0.5) is 0 Å². The highest BCUT2D eigenvalue weighted by atomic mass is 79.9. The first-order valence-electron chi connectivity index (χ1n) is 6.84. The van der Waals surface area contributed by atoms with Gasteiger partial charge in [-0.15, -0.1) is 0 Å². The second-order valence-corrected chi connectivity index (χ2v) is 6.01. The molecule has 1 aliphatic rings. The quantitative estimate of drug-likeness (QED) is 0.921. The van der Waals surface area contributed by atoms with Crippen LogP contribution in [0.1, 0.15) is 31.2 Å². The first-order chi connectivity index (χ1) is 9.58. The molecule has 108 valence electrons. The van der Waals surface area contributed by atoms with Crippen LogP contribution in [0.2, 0.25) is 0 Å². The molecular weight excluding hydrogens is 322 g/mol. The molecular formula is C15H18BrNO3. The SMILES string of the molecule is O=C(O)C1CCCCCN1C(=O)Cc1cccc(Br)c1. The molecule has 1 heterocycles. The highest BCUT2D eigenvalue weighted by Gasteiger charge is 2.30. The Balaban J connectivity index is 2.10. The Bertz CT molecular complexity index is 504. The number of amides is 1. The van der Waals surface area contributed by atoms with Crippen LogP contribution >= 0.6 is 15.9 Å². The van der Waals surface area contributed by atoms with E-state index in [1.165, 1.54) is 4.90 Å². The number of carboxylic acids is 1. The van der Waals surface area contributed by atoms with Gasteiger partial charge in [0.1, 0.15) is 6.04 Å². The molecule has 1 aliphatic heterocycles. The minimum absolute atomic E-state index is 0.0996. The number of nitrogens with zero attached hydrogens (tertiary/aromatic N) is 1. The van der Waals surface area contributed by atoms with E-state index in [4.69, 9.17) is 0 Å². The van der Waals surface area contributed by atoms with E-state index < -0.39 is 12.0 Å². The van der Waals surface area contributed by atoms with Crippen molar-refractivity contribution in [1.82, 2.24) is 4.90 Å². The Labute approximate surface area is 126 Å². The molecule has 0 radical (unpaired) electrons. The lowest BCUT2D eigenvalue weighted by Gasteiger charge is -2.27. The molecule has 0 aliphatic carbocycles. The summed E-state index contributed by atoms with van der Waals surface area (Å²) in [5.41, 5.74) is 0.901. The molecule has 1 N–H and O–H groups in total. The first kappa shape index (κ1) is 15.0. The fourth-order valence-corrected chi connectivity index (χ4v) is 3.03. The Morgan fingerprint density at radius 3 is 2.80 bits per heavy atom. The molecule has 1 atom stereocenters. The van der Waals surface area contributed by atoms with Gasteiger partial charge < -0.3 is 10.0 Å². The maximum absolute atomic E-state index is 12.4. The predicted octanol–water partition coefficient (Wildman–Crippen LogP) is 2.85. The molecule has 1 aromatic carbocycles. The van der Waals surface area contributed by atoms with Crippen molar-refractivity contribution in [3.05, 3.63) is 34.3 Å². The molecule has 1 aromatic rings. The second-order valence-electron chi connectivity index (χ2n) is 5.10. The maximum Gasteiger partial charge on any atom is 0.326 e. The van der Waals surface area contributed by atoms with Gasteiger partial charge in [0.15, 0.2) is 0 Å². The summed E-state index contributed by atoms with van der Waals surface area (Å²) in [6.45, 7) is 0.545. The molecule has 0 aromatic heterocycles. The van der Waals surface area contributed by atoms with Gasteiger partial charge in [0, 0.05) is 11.0 Å². The fourth-order valence-electron chi connectivity index (χ4n) is 2.59. The highest BCUT2D eigenvalue weighted by molar-refractivity contribution is 9.10. The first-order valence-corrected chi connectivity index (χ1v) is 7.64. The van der Waals surface area contributed by atoms with Crippen LogP contribution in [0.25, 0.3) is 0 Å². The van der Waals surface area contributed by atoms with Crippen molar-refractivity contribution in [2.24, 2.45) is 0 Å². The lowest BCUT2D eigenvalue weighted by atomic mass is 10.1. The lowest BCUT2D eigenvalue weighted by molar-refractivity contribution is -0.150. The zero-order valence-corrected chi connectivity index (χ0v) is 12.8. The van der Waals surface area contributed by atoms with Crippen LogP contribution in [0.5, 0.6) is 0 Å². The van der Waals surface area contributed by atoms with E-state index in [2.05, 4.69) is 15.9 Å². The number of carbonyl (C=O) groups is 2. The minimum Gasteiger partial charge on any atom is -0.480 e. The summed E-state index contributed by atoms with van der Waals surface area (Å²) in [5, 5.41) is 9.29. The number of hydrogen-bond acceptors (Lipinski definition) is 2. The number of rotatable bonds is 3. The second kappa shape index (κ2) is 6.88. The number of aliphatic carboxylic acids is 1. The third-order valence-corrected chi connectivity index (χ3v) is 4.10. The summed E-state index contributed by atoms with van der Waals surface area (Å²) in [7, 11) is 0. The standard InChI is InChI=1S/C15H18BrNO3/c16-12-6-4-5-11(9-12)10-14(18)17-8-3-1-2-7-13(17)15(19)20/h4-6,9,13H,1-3,7-8,10H2,(H,19,20). The van der Waals surface area contributed by atoms with Gasteiger partial charge in [0.05, 0.1) is 6.42 Å². The fraction of sp³-hybridized carbons (Fsp3) is 0.467. The normalized spacial score (nSPS) is 19.4. The Kier molecular flexibility index (Phi) is 5.17. The largest absolute Gasteiger partial charge is 0.480 e. The average molecular weight is 340 g/mol. The molecule has 4 nitrogen and oxygen atoms in total. The molecule has 5 heteroatoms. The molecule has 0 spiro atoms. The van der Waals surface area contributed by atoms with E-state index >= 15 is 0 Å². The van der Waals surface area contributed by atoms with Crippen LogP contribution in [0.15, 0.2) is 28.7 Å². The van der Waals surface area contributed by atoms with Crippen LogP contribution in [0.3, 0.4) is 0 Å². The number of halogens is 1. The monoisotopic (exact) mass is 339 g/mol. The van der Waals surface area contributed by atoms with Crippen molar-refractivity contribution in [1.29, 1.82) is 0 Å². The zero-order valence-electron chi connectivity index (χ0n) is 11.2. The zero-order chi connectivity index (χ0) is 14.5. The third kappa shape index (κ3) is 3.82. The van der Waals surface area contributed by atoms with Crippen LogP contribution < -0.4 is 0 Å². The van der Waals surface area contributed by atoms with Gasteiger partial charge >= 0.3 is 5.97 Å². The lowest BCUT2D eigenvalue weighted by Crippen LogP contribution is -2.45. The van der Waals surface area contributed by atoms with Gasteiger partial charge in [-0.2, -0.15) is 0 Å². The maximum atomic E-state index is 12.4. The molecule has 0 saturated carbocycles. The van der Waals surface area contributed by atoms with E-state index in [1.54, 1.807) is 0 Å². The Morgan fingerprint density at radius 2 is 2.10 bits per heavy atom. The number of hydrogen-bond donors (Lipinski definition) is 1. The number of carboxylic acid groups (broad SMARTS) is 1. The van der Waals surface area contributed by atoms with E-state index in [0.29, 0.717) is 13.0 Å². The van der Waals surface area contributed by atoms with Crippen molar-refractivity contribution in [2.75, 3.05) is 6.54 Å². The van der Waals surface area contributed by atoms with Crippen LogP contribution in [0, 0.1) is 0 Å². The van der Waals surface area contributed by atoms with Gasteiger partial charge in [-0.25, -0.2) is 4.79 Å². The van der Waals surface area contributed by atoms with Crippen LogP contribution in [-0.4, -0.2) is 34.5 Å². The highest BCUT2D eigenvalue weighted by Crippen LogP contribution is 2.19. The van der Waals surface area contributed by atoms with E-state index in [-0.39, 0.29) is 12.3 Å². The summed E-state index contributed by atoms with van der Waals surface area (Å²) >= 11 is 3.38. The van der Waals surface area contributed by atoms with E-state index in [1.807, 2.05) is 24.3 Å². The number of likely N-dealkylation sites (tertiary alicyclic amines) is 1. The summed E-state index contributed by atoms with van der Waals surface area (Å²) < 4.78 is 0.924. The molecule has 1 saturated heterocycles. The molecule has 20 heavy (non-hydrogen) atoms. The van der Waals surface area contributed by atoms with Gasteiger partial charge in [0.2, 0.25) is 5.91 Å². The number of benzene rings is 1. The topological polar surface area (TPSA) is 57.6 Å². The van der Waals surface area contributed by atoms with E-state index in [0.717, 1.165) is 29.3 Å². The molecule has 2 rings (SSSR count). The average Bonchev–Trinajstić information content (AvgIpc) is 2.64.